The van der Waals surface area contributed by atoms with Crippen LogP contribution in [0.25, 0.3) is 0 Å². The summed E-state index contributed by atoms with van der Waals surface area (Å²) in [5, 5.41) is 7.25. The molecule has 1 unspecified atom stereocenters. The average molecular weight is 243 g/mol. The molecular weight excluding hydrogens is 232 g/mol. The van der Waals surface area contributed by atoms with Crippen LogP contribution in [0, 0.1) is 0 Å². The Kier molecular flexibility index (Phi) is 3.11. The molecule has 0 saturated heterocycles. The molecule has 0 bridgehead atoms. The predicted molar refractivity (Wildman–Crippen MR) is 61.5 cm³/mol. The molecule has 1 aliphatic rings. The fourth-order valence-electron chi connectivity index (χ4n) is 1.38. The van der Waals surface area contributed by atoms with Gasteiger partial charge >= 0.3 is 0 Å². The van der Waals surface area contributed by atoms with Gasteiger partial charge in [0.05, 0.1) is 10.6 Å². The smallest absolute Gasteiger partial charge is 0.278 e. The van der Waals surface area contributed by atoms with E-state index in [1.54, 1.807) is 0 Å². The minimum absolute atomic E-state index is 0.0451. The number of nitrogens with two attached hydrogens (primary N) is 1. The number of alkyl halides is 2. The number of rotatable bonds is 3. The number of hydrogen-bond donors (Lipinski definition) is 1. The normalized spacial score (nSPS) is 17.6. The van der Waals surface area contributed by atoms with Crippen molar-refractivity contribution in [3.63, 3.8) is 0 Å². The fraction of sp³-hybridized carbons (Fsp3) is 0.400. The van der Waals surface area contributed by atoms with Crippen molar-refractivity contribution < 1.29 is 8.78 Å². The van der Waals surface area contributed by atoms with Gasteiger partial charge in [0.25, 0.3) is 6.43 Å². The van der Waals surface area contributed by atoms with Gasteiger partial charge in [-0.25, -0.2) is 8.78 Å². The number of halogens is 2. The van der Waals surface area contributed by atoms with Crippen LogP contribution in [0.15, 0.2) is 22.3 Å². The Bertz CT molecular complexity index is 449. The number of hydrogen-bond acceptors (Lipinski definition) is 4. The largest absolute Gasteiger partial charge is 0.324 e. The lowest BCUT2D eigenvalue weighted by Gasteiger charge is -1.99. The van der Waals surface area contributed by atoms with Crippen LogP contribution in [0.5, 0.6) is 0 Å². The Morgan fingerprint density at radius 3 is 2.62 bits per heavy atom. The van der Waals surface area contributed by atoms with Crippen molar-refractivity contribution in [3.8, 4) is 0 Å². The van der Waals surface area contributed by atoms with Crippen molar-refractivity contribution in [2.24, 2.45) is 15.9 Å². The average Bonchev–Trinajstić information content (AvgIpc) is 2.86. The minimum atomic E-state index is -2.52. The van der Waals surface area contributed by atoms with E-state index in [-0.39, 0.29) is 18.2 Å². The van der Waals surface area contributed by atoms with Crippen LogP contribution in [0.3, 0.4) is 0 Å². The van der Waals surface area contributed by atoms with Gasteiger partial charge in [-0.3, -0.25) is 0 Å². The van der Waals surface area contributed by atoms with E-state index in [1.165, 1.54) is 11.3 Å². The molecule has 1 atom stereocenters. The molecule has 3 nitrogen and oxygen atoms in total. The third-order valence-electron chi connectivity index (χ3n) is 2.26. The van der Waals surface area contributed by atoms with Gasteiger partial charge in [0, 0.05) is 17.3 Å². The first-order valence-corrected chi connectivity index (χ1v) is 5.66. The van der Waals surface area contributed by atoms with Gasteiger partial charge in [0.2, 0.25) is 0 Å². The van der Waals surface area contributed by atoms with Crippen LogP contribution in [0.2, 0.25) is 0 Å². The quantitative estimate of drug-likeness (QED) is 0.871. The summed E-state index contributed by atoms with van der Waals surface area (Å²) in [4.78, 5) is 1.88. The maximum Gasteiger partial charge on any atom is 0.278 e. The van der Waals surface area contributed by atoms with Crippen LogP contribution >= 0.6 is 11.3 Å². The lowest BCUT2D eigenvalue weighted by molar-refractivity contribution is 0.224. The van der Waals surface area contributed by atoms with E-state index < -0.39 is 6.43 Å². The highest BCUT2D eigenvalue weighted by Gasteiger charge is 2.22. The van der Waals surface area contributed by atoms with Crippen LogP contribution in [-0.4, -0.2) is 17.8 Å². The van der Waals surface area contributed by atoms with E-state index in [0.717, 1.165) is 9.75 Å². The SMILES string of the molecule is CC(N)c1ccc(C2=NN=C(C(F)F)C2)s1. The minimum Gasteiger partial charge on any atom is -0.324 e. The Balaban J connectivity index is 2.11. The van der Waals surface area contributed by atoms with E-state index in [4.69, 9.17) is 5.73 Å². The van der Waals surface area contributed by atoms with Gasteiger partial charge in [-0.05, 0) is 19.1 Å². The summed E-state index contributed by atoms with van der Waals surface area (Å²) < 4.78 is 24.7. The highest BCUT2D eigenvalue weighted by molar-refractivity contribution is 7.14. The summed E-state index contributed by atoms with van der Waals surface area (Å²) in [5.41, 5.74) is 6.17. The molecule has 0 spiro atoms. The van der Waals surface area contributed by atoms with Crippen LogP contribution in [0.1, 0.15) is 29.1 Å². The summed E-state index contributed by atoms with van der Waals surface area (Å²) in [5.74, 6) is 0. The maximum atomic E-state index is 12.3. The Morgan fingerprint density at radius 2 is 2.12 bits per heavy atom. The Morgan fingerprint density at radius 1 is 1.38 bits per heavy atom. The first kappa shape index (κ1) is 11.3. The lowest BCUT2D eigenvalue weighted by atomic mass is 10.1. The first-order chi connectivity index (χ1) is 7.58. The van der Waals surface area contributed by atoms with Crippen LogP contribution in [0.4, 0.5) is 8.78 Å². The third-order valence-corrected chi connectivity index (χ3v) is 3.59. The molecular formula is C10H11F2N3S. The van der Waals surface area contributed by atoms with Crippen molar-refractivity contribution >= 4 is 22.8 Å². The second-order valence-electron chi connectivity index (χ2n) is 3.61. The van der Waals surface area contributed by atoms with Crippen molar-refractivity contribution in [1.82, 2.24) is 0 Å². The summed E-state index contributed by atoms with van der Waals surface area (Å²) in [6, 6.07) is 3.70. The standard InChI is InChI=1S/C10H11F2N3S/c1-5(13)8-2-3-9(16-8)6-4-7(10(11)12)15-14-6/h2-3,5,10H,4,13H2,1H3. The van der Waals surface area contributed by atoms with Gasteiger partial charge in [-0.1, -0.05) is 0 Å². The molecule has 1 aliphatic heterocycles. The van der Waals surface area contributed by atoms with Crippen molar-refractivity contribution in [2.75, 3.05) is 0 Å². The molecule has 2 heterocycles. The van der Waals surface area contributed by atoms with Gasteiger partial charge in [-0.2, -0.15) is 10.2 Å². The molecule has 0 saturated carbocycles. The molecule has 16 heavy (non-hydrogen) atoms. The van der Waals surface area contributed by atoms with E-state index in [0.29, 0.717) is 5.71 Å². The molecule has 0 radical (unpaired) electrons. The highest BCUT2D eigenvalue weighted by Crippen LogP contribution is 2.25. The molecule has 2 N–H and O–H groups in total. The second kappa shape index (κ2) is 4.39. The monoisotopic (exact) mass is 243 g/mol. The van der Waals surface area contributed by atoms with Gasteiger partial charge in [0.15, 0.2) is 0 Å². The topological polar surface area (TPSA) is 50.7 Å². The van der Waals surface area contributed by atoms with Crippen LogP contribution in [-0.2, 0) is 0 Å². The molecule has 0 amide bonds. The number of thiophene rings is 1. The molecule has 86 valence electrons. The molecule has 2 rings (SSSR count). The fourth-order valence-corrected chi connectivity index (χ4v) is 2.32. The molecule has 1 aromatic heterocycles. The Labute approximate surface area is 95.7 Å². The van der Waals surface area contributed by atoms with Crippen molar-refractivity contribution in [1.29, 1.82) is 0 Å². The van der Waals surface area contributed by atoms with E-state index >= 15 is 0 Å². The third kappa shape index (κ3) is 2.17. The van der Waals surface area contributed by atoms with Gasteiger partial charge < -0.3 is 5.73 Å². The summed E-state index contributed by atoms with van der Waals surface area (Å²) in [7, 11) is 0. The van der Waals surface area contributed by atoms with Gasteiger partial charge in [0.1, 0.15) is 5.71 Å². The molecule has 0 aliphatic carbocycles. The van der Waals surface area contributed by atoms with Gasteiger partial charge in [-0.15, -0.1) is 11.3 Å². The molecule has 0 fully saturated rings. The maximum absolute atomic E-state index is 12.3. The summed E-state index contributed by atoms with van der Waals surface area (Å²) in [6.45, 7) is 1.88. The van der Waals surface area contributed by atoms with Crippen LogP contribution < -0.4 is 5.73 Å². The predicted octanol–water partition coefficient (Wildman–Crippen LogP) is 2.58. The zero-order valence-electron chi connectivity index (χ0n) is 8.65. The Hall–Kier alpha value is -1.14. The molecule has 6 heteroatoms. The molecule has 0 aromatic carbocycles. The van der Waals surface area contributed by atoms with E-state index in [1.807, 2.05) is 19.1 Å². The lowest BCUT2D eigenvalue weighted by Crippen LogP contribution is -2.11. The zero-order chi connectivity index (χ0) is 11.7. The summed E-state index contributed by atoms with van der Waals surface area (Å²) >= 11 is 1.48. The molecule has 1 aromatic rings. The van der Waals surface area contributed by atoms with E-state index in [2.05, 4.69) is 10.2 Å². The van der Waals surface area contributed by atoms with E-state index in [9.17, 15) is 8.78 Å². The highest BCUT2D eigenvalue weighted by atomic mass is 32.1. The summed E-state index contributed by atoms with van der Waals surface area (Å²) in [6.07, 6.45) is -2.38. The zero-order valence-corrected chi connectivity index (χ0v) is 9.47. The first-order valence-electron chi connectivity index (χ1n) is 4.85. The van der Waals surface area contributed by atoms with Crippen molar-refractivity contribution in [3.05, 3.63) is 21.9 Å². The van der Waals surface area contributed by atoms with Crippen molar-refractivity contribution in [2.45, 2.75) is 25.8 Å². The number of nitrogens with zero attached hydrogens (tertiary/aromatic N) is 2. The second-order valence-corrected chi connectivity index (χ2v) is 4.72.